The van der Waals surface area contributed by atoms with E-state index in [-0.39, 0.29) is 11.6 Å². The summed E-state index contributed by atoms with van der Waals surface area (Å²) in [6, 6.07) is 21.3. The van der Waals surface area contributed by atoms with Gasteiger partial charge in [0.05, 0.1) is 26.0 Å². The number of aromatic amines is 1. The van der Waals surface area contributed by atoms with Crippen LogP contribution in [-0.4, -0.2) is 37.2 Å². The number of nitrogens with one attached hydrogen (secondary N) is 1. The lowest BCUT2D eigenvalue weighted by Crippen LogP contribution is -2.35. The van der Waals surface area contributed by atoms with Crippen LogP contribution in [0.15, 0.2) is 82.2 Å². The lowest BCUT2D eigenvalue weighted by Gasteiger charge is -2.31. The van der Waals surface area contributed by atoms with Crippen LogP contribution in [0, 0.1) is 0 Å². The number of fused-ring (bicyclic) bond motifs is 1. The summed E-state index contributed by atoms with van der Waals surface area (Å²) in [4.78, 5) is 19.0. The number of tetrazole rings is 1. The van der Waals surface area contributed by atoms with Gasteiger partial charge in [-0.3, -0.25) is 9.69 Å². The van der Waals surface area contributed by atoms with Crippen molar-refractivity contribution in [3.63, 3.8) is 0 Å². The van der Waals surface area contributed by atoms with Crippen LogP contribution >= 0.6 is 0 Å². The first kappa shape index (κ1) is 24.1. The quantitative estimate of drug-likeness (QED) is 0.297. The second kappa shape index (κ2) is 10.6. The number of pyridine rings is 1. The van der Waals surface area contributed by atoms with Crippen molar-refractivity contribution in [2.45, 2.75) is 50.9 Å². The monoisotopic (exact) mass is 510 g/mol. The van der Waals surface area contributed by atoms with Crippen LogP contribution < -0.4 is 10.3 Å². The molecule has 0 spiro atoms. The van der Waals surface area contributed by atoms with Crippen molar-refractivity contribution in [3.05, 3.63) is 106 Å². The molecule has 0 bridgehead atoms. The molecular formula is C29H30N6O3. The van der Waals surface area contributed by atoms with Gasteiger partial charge < -0.3 is 14.1 Å². The van der Waals surface area contributed by atoms with Gasteiger partial charge in [-0.15, -0.1) is 5.10 Å². The molecule has 2 aromatic carbocycles. The van der Waals surface area contributed by atoms with Crippen molar-refractivity contribution in [1.82, 2.24) is 30.1 Å². The van der Waals surface area contributed by atoms with Crippen LogP contribution in [0.1, 0.15) is 60.5 Å². The molecule has 6 rings (SSSR count). The largest absolute Gasteiger partial charge is 0.497 e. The van der Waals surface area contributed by atoms with E-state index in [9.17, 15) is 4.79 Å². The van der Waals surface area contributed by atoms with Gasteiger partial charge in [-0.05, 0) is 65.2 Å². The predicted octanol–water partition coefficient (Wildman–Crippen LogP) is 5.02. The molecule has 38 heavy (non-hydrogen) atoms. The Kier molecular flexibility index (Phi) is 6.75. The standard InChI is InChI=1S/C29H30N6O3/c1-37-23-13-14-26-21(16-23)17-25(29(36)30-26)27(28-31-32-33-35(28)22-10-5-6-11-22)34(19-24-12-7-15-38-24)18-20-8-3-2-4-9-20/h2-4,7-9,12-17,22,27H,5-6,10-11,18-19H2,1H3,(H,30,36). The van der Waals surface area contributed by atoms with Crippen molar-refractivity contribution in [2.24, 2.45) is 0 Å². The summed E-state index contributed by atoms with van der Waals surface area (Å²) in [7, 11) is 1.64. The Morgan fingerprint density at radius 3 is 2.68 bits per heavy atom. The molecule has 1 fully saturated rings. The fourth-order valence-corrected chi connectivity index (χ4v) is 5.48. The lowest BCUT2D eigenvalue weighted by molar-refractivity contribution is 0.176. The van der Waals surface area contributed by atoms with E-state index in [0.29, 0.717) is 24.5 Å². The number of hydrogen-bond donors (Lipinski definition) is 1. The second-order valence-electron chi connectivity index (χ2n) is 9.80. The highest BCUT2D eigenvalue weighted by atomic mass is 16.5. The lowest BCUT2D eigenvalue weighted by atomic mass is 10.0. The van der Waals surface area contributed by atoms with Gasteiger partial charge in [0, 0.05) is 23.0 Å². The van der Waals surface area contributed by atoms with Gasteiger partial charge in [0.25, 0.3) is 5.56 Å². The number of methoxy groups -OCH3 is 1. The van der Waals surface area contributed by atoms with E-state index in [2.05, 4.69) is 37.5 Å². The van der Waals surface area contributed by atoms with Gasteiger partial charge >= 0.3 is 0 Å². The summed E-state index contributed by atoms with van der Waals surface area (Å²) >= 11 is 0. The molecule has 194 valence electrons. The molecule has 0 saturated heterocycles. The summed E-state index contributed by atoms with van der Waals surface area (Å²) in [5.74, 6) is 2.18. The third kappa shape index (κ3) is 4.84. The topological polar surface area (TPSA) is 102 Å². The van der Waals surface area contributed by atoms with E-state index in [1.807, 2.05) is 59.3 Å². The van der Waals surface area contributed by atoms with Gasteiger partial charge in [-0.1, -0.05) is 43.2 Å². The van der Waals surface area contributed by atoms with Crippen molar-refractivity contribution >= 4 is 10.9 Å². The minimum absolute atomic E-state index is 0.175. The molecule has 1 unspecified atom stereocenters. The Morgan fingerprint density at radius 2 is 1.92 bits per heavy atom. The number of rotatable bonds is 9. The predicted molar refractivity (Wildman–Crippen MR) is 143 cm³/mol. The van der Waals surface area contributed by atoms with Gasteiger partial charge in [0.15, 0.2) is 5.82 Å². The molecule has 1 aliphatic rings. The minimum Gasteiger partial charge on any atom is -0.497 e. The first-order valence-electron chi connectivity index (χ1n) is 13.0. The Labute approximate surface area is 220 Å². The minimum atomic E-state index is -0.518. The smallest absolute Gasteiger partial charge is 0.253 e. The average molecular weight is 511 g/mol. The fraction of sp³-hybridized carbons (Fsp3) is 0.310. The zero-order chi connectivity index (χ0) is 25.9. The van der Waals surface area contributed by atoms with Crippen molar-refractivity contribution in [3.8, 4) is 5.75 Å². The molecule has 3 aromatic heterocycles. The number of hydrogen-bond acceptors (Lipinski definition) is 7. The third-order valence-electron chi connectivity index (χ3n) is 7.34. The number of H-pyrrole nitrogens is 1. The number of aromatic nitrogens is 5. The summed E-state index contributed by atoms with van der Waals surface area (Å²) in [5, 5.41) is 13.9. The highest BCUT2D eigenvalue weighted by Crippen LogP contribution is 2.35. The Bertz CT molecular complexity index is 1550. The van der Waals surface area contributed by atoms with Crippen LogP contribution in [0.2, 0.25) is 0 Å². The molecule has 0 amide bonds. The zero-order valence-corrected chi connectivity index (χ0v) is 21.3. The summed E-state index contributed by atoms with van der Waals surface area (Å²) < 4.78 is 13.2. The Hall–Kier alpha value is -4.24. The van der Waals surface area contributed by atoms with Crippen LogP contribution in [0.4, 0.5) is 0 Å². The molecular weight excluding hydrogens is 480 g/mol. The second-order valence-corrected chi connectivity index (χ2v) is 9.80. The van der Waals surface area contributed by atoms with Crippen LogP contribution in [0.25, 0.3) is 10.9 Å². The maximum atomic E-state index is 13.7. The molecule has 1 aliphatic carbocycles. The third-order valence-corrected chi connectivity index (χ3v) is 7.34. The van der Waals surface area contributed by atoms with E-state index >= 15 is 0 Å². The van der Waals surface area contributed by atoms with Crippen molar-refractivity contribution in [1.29, 1.82) is 0 Å². The SMILES string of the molecule is COc1ccc2[nH]c(=O)c(C(c3nnnn3C3CCCC3)N(Cc3ccccc3)Cc3ccco3)cc2c1. The normalized spacial score (nSPS) is 14.9. The molecule has 9 nitrogen and oxygen atoms in total. The van der Waals surface area contributed by atoms with Gasteiger partial charge in [0.2, 0.25) is 0 Å². The molecule has 1 saturated carbocycles. The average Bonchev–Trinajstić information content (AvgIpc) is 3.73. The van der Waals surface area contributed by atoms with E-state index in [1.54, 1.807) is 13.4 Å². The number of benzene rings is 2. The van der Waals surface area contributed by atoms with E-state index in [0.717, 1.165) is 53.7 Å². The first-order valence-corrected chi connectivity index (χ1v) is 13.0. The van der Waals surface area contributed by atoms with E-state index in [4.69, 9.17) is 9.15 Å². The molecule has 1 atom stereocenters. The van der Waals surface area contributed by atoms with Gasteiger partial charge in [-0.25, -0.2) is 4.68 Å². The summed E-state index contributed by atoms with van der Waals surface area (Å²) in [5.41, 5.74) is 2.26. The number of furan rings is 1. The first-order chi connectivity index (χ1) is 18.7. The molecule has 5 aromatic rings. The zero-order valence-electron chi connectivity index (χ0n) is 21.3. The van der Waals surface area contributed by atoms with Crippen LogP contribution in [0.3, 0.4) is 0 Å². The molecule has 3 heterocycles. The molecule has 0 aliphatic heterocycles. The number of ether oxygens (including phenoxy) is 1. The number of nitrogens with zero attached hydrogens (tertiary/aromatic N) is 5. The van der Waals surface area contributed by atoms with Crippen LogP contribution in [-0.2, 0) is 13.1 Å². The maximum absolute atomic E-state index is 13.7. The van der Waals surface area contributed by atoms with Crippen molar-refractivity contribution in [2.75, 3.05) is 7.11 Å². The Morgan fingerprint density at radius 1 is 1.08 bits per heavy atom. The highest BCUT2D eigenvalue weighted by molar-refractivity contribution is 5.80. The summed E-state index contributed by atoms with van der Waals surface area (Å²) in [6.07, 6.45) is 6.00. The Balaban J connectivity index is 1.53. The molecule has 0 radical (unpaired) electrons. The fourth-order valence-electron chi connectivity index (χ4n) is 5.48. The van der Waals surface area contributed by atoms with Crippen molar-refractivity contribution < 1.29 is 9.15 Å². The van der Waals surface area contributed by atoms with Crippen LogP contribution in [0.5, 0.6) is 5.75 Å². The maximum Gasteiger partial charge on any atom is 0.253 e. The highest BCUT2D eigenvalue weighted by Gasteiger charge is 2.33. The summed E-state index contributed by atoms with van der Waals surface area (Å²) in [6.45, 7) is 1.04. The van der Waals surface area contributed by atoms with Gasteiger partial charge in [-0.2, -0.15) is 0 Å². The van der Waals surface area contributed by atoms with Gasteiger partial charge in [0.1, 0.15) is 17.6 Å². The molecule has 1 N–H and O–H groups in total. The molecule has 9 heteroatoms. The van der Waals surface area contributed by atoms with E-state index < -0.39 is 6.04 Å². The van der Waals surface area contributed by atoms with E-state index in [1.165, 1.54) is 0 Å².